The molecule has 29 heavy (non-hydrogen) atoms. The van der Waals surface area contributed by atoms with Crippen molar-refractivity contribution in [3.05, 3.63) is 60.5 Å². The molecule has 150 valence electrons. The van der Waals surface area contributed by atoms with E-state index in [1.54, 1.807) is 24.3 Å². The molecule has 2 heterocycles. The lowest BCUT2D eigenvalue weighted by molar-refractivity contribution is -0.384. The summed E-state index contributed by atoms with van der Waals surface area (Å²) >= 11 is 1.58. The molecule has 4 rings (SSSR count). The molecule has 1 amide bonds. The SMILES string of the molecule is CCc1nc2sc3c(c2c(=O)n1CC(=O)Nc1cc([N+](=O)[O-])ccc1C)CCC3. The highest BCUT2D eigenvalue weighted by Gasteiger charge is 2.23. The first kappa shape index (κ1) is 19.3. The monoisotopic (exact) mass is 412 g/mol. The number of nitro benzene ring substituents is 1. The van der Waals surface area contributed by atoms with Crippen molar-refractivity contribution in [2.45, 2.75) is 46.1 Å². The third kappa shape index (κ3) is 3.42. The Balaban J connectivity index is 1.68. The van der Waals surface area contributed by atoms with Crippen LogP contribution in [0.15, 0.2) is 23.0 Å². The van der Waals surface area contributed by atoms with Gasteiger partial charge in [-0.05, 0) is 37.3 Å². The number of hydrogen-bond donors (Lipinski definition) is 1. The number of non-ortho nitro benzene ring substituents is 1. The number of benzene rings is 1. The van der Waals surface area contributed by atoms with Crippen molar-refractivity contribution in [1.82, 2.24) is 9.55 Å². The summed E-state index contributed by atoms with van der Waals surface area (Å²) in [5, 5.41) is 14.3. The van der Waals surface area contributed by atoms with E-state index in [0.717, 1.165) is 29.7 Å². The van der Waals surface area contributed by atoms with Gasteiger partial charge in [-0.25, -0.2) is 4.98 Å². The molecule has 0 aliphatic heterocycles. The molecule has 0 saturated heterocycles. The summed E-state index contributed by atoms with van der Waals surface area (Å²) in [5.74, 6) is 0.145. The number of aryl methyl sites for hydroxylation is 4. The summed E-state index contributed by atoms with van der Waals surface area (Å²) in [4.78, 5) is 43.0. The minimum atomic E-state index is -0.510. The molecule has 9 heteroatoms. The van der Waals surface area contributed by atoms with Crippen molar-refractivity contribution in [3.8, 4) is 0 Å². The minimum Gasteiger partial charge on any atom is -0.324 e. The minimum absolute atomic E-state index is 0.103. The van der Waals surface area contributed by atoms with Crippen molar-refractivity contribution in [1.29, 1.82) is 0 Å². The first-order valence-electron chi connectivity index (χ1n) is 9.48. The standard InChI is InChI=1S/C20H20N4O4S/c1-3-16-22-19-18(13-5-4-6-15(13)29-19)20(26)23(16)10-17(25)21-14-9-12(24(27)28)8-7-11(14)2/h7-9H,3-6,10H2,1-2H3,(H,21,25). The van der Waals surface area contributed by atoms with Crippen LogP contribution in [-0.2, 0) is 30.6 Å². The van der Waals surface area contributed by atoms with Crippen LogP contribution in [0.25, 0.3) is 10.2 Å². The molecule has 2 aromatic heterocycles. The topological polar surface area (TPSA) is 107 Å². The summed E-state index contributed by atoms with van der Waals surface area (Å²) in [7, 11) is 0. The number of carbonyl (C=O) groups is 1. The summed E-state index contributed by atoms with van der Waals surface area (Å²) in [5.41, 5.74) is 1.86. The predicted molar refractivity (Wildman–Crippen MR) is 112 cm³/mol. The van der Waals surface area contributed by atoms with Crippen molar-refractivity contribution < 1.29 is 9.72 Å². The van der Waals surface area contributed by atoms with Crippen LogP contribution in [0.3, 0.4) is 0 Å². The number of nitrogens with one attached hydrogen (secondary N) is 1. The maximum atomic E-state index is 13.2. The molecule has 0 bridgehead atoms. The van der Waals surface area contributed by atoms with Crippen molar-refractivity contribution in [2.24, 2.45) is 0 Å². The third-order valence-corrected chi connectivity index (χ3v) is 6.41. The van der Waals surface area contributed by atoms with E-state index in [-0.39, 0.29) is 17.8 Å². The average Bonchev–Trinajstić information content (AvgIpc) is 3.26. The molecule has 0 fully saturated rings. The maximum Gasteiger partial charge on any atom is 0.271 e. The lowest BCUT2D eigenvalue weighted by Crippen LogP contribution is -2.31. The number of nitro groups is 1. The number of rotatable bonds is 5. The van der Waals surface area contributed by atoms with Gasteiger partial charge in [-0.3, -0.25) is 24.3 Å². The highest BCUT2D eigenvalue weighted by atomic mass is 32.1. The molecular weight excluding hydrogens is 392 g/mol. The van der Waals surface area contributed by atoms with Crippen molar-refractivity contribution >= 4 is 38.8 Å². The van der Waals surface area contributed by atoms with Gasteiger partial charge in [-0.2, -0.15) is 0 Å². The molecule has 0 unspecified atom stereocenters. The fourth-order valence-corrected chi connectivity index (χ4v) is 5.01. The lowest BCUT2D eigenvalue weighted by Gasteiger charge is -2.13. The van der Waals surface area contributed by atoms with E-state index in [0.29, 0.717) is 28.9 Å². The van der Waals surface area contributed by atoms with E-state index in [2.05, 4.69) is 10.3 Å². The van der Waals surface area contributed by atoms with Gasteiger partial charge in [-0.15, -0.1) is 11.3 Å². The fourth-order valence-electron chi connectivity index (χ4n) is 3.74. The Morgan fingerprint density at radius 3 is 2.90 bits per heavy atom. The van der Waals surface area contributed by atoms with Gasteiger partial charge >= 0.3 is 0 Å². The molecule has 0 saturated carbocycles. The second-order valence-electron chi connectivity index (χ2n) is 7.11. The summed E-state index contributed by atoms with van der Waals surface area (Å²) < 4.78 is 1.43. The molecular formula is C20H20N4O4S. The molecule has 1 N–H and O–H groups in total. The van der Waals surface area contributed by atoms with Crippen LogP contribution in [0.1, 0.15) is 35.2 Å². The molecule has 0 atom stereocenters. The molecule has 0 radical (unpaired) electrons. The Kier molecular flexibility index (Phi) is 4.91. The average molecular weight is 412 g/mol. The van der Waals surface area contributed by atoms with Crippen molar-refractivity contribution in [2.75, 3.05) is 5.32 Å². The summed E-state index contributed by atoms with van der Waals surface area (Å²) in [6.07, 6.45) is 3.41. The Morgan fingerprint density at radius 1 is 1.38 bits per heavy atom. The number of nitrogens with zero attached hydrogens (tertiary/aromatic N) is 3. The van der Waals surface area contributed by atoms with Gasteiger partial charge in [0.1, 0.15) is 17.2 Å². The first-order chi connectivity index (χ1) is 13.9. The zero-order valence-electron chi connectivity index (χ0n) is 16.2. The van der Waals surface area contributed by atoms with Gasteiger partial charge in [0.05, 0.1) is 16.0 Å². The summed E-state index contributed by atoms with van der Waals surface area (Å²) in [6.45, 7) is 3.47. The zero-order chi connectivity index (χ0) is 20.7. The van der Waals surface area contributed by atoms with E-state index in [4.69, 9.17) is 0 Å². The Morgan fingerprint density at radius 2 is 2.17 bits per heavy atom. The van der Waals surface area contributed by atoms with Crippen LogP contribution >= 0.6 is 11.3 Å². The number of hydrogen-bond acceptors (Lipinski definition) is 6. The quantitative estimate of drug-likeness (QED) is 0.511. The molecule has 0 spiro atoms. The van der Waals surface area contributed by atoms with Crippen LogP contribution < -0.4 is 10.9 Å². The van der Waals surface area contributed by atoms with E-state index in [1.165, 1.54) is 21.6 Å². The maximum absolute atomic E-state index is 13.2. The second kappa shape index (κ2) is 7.40. The smallest absolute Gasteiger partial charge is 0.271 e. The van der Waals surface area contributed by atoms with Gasteiger partial charge in [0.2, 0.25) is 5.91 Å². The van der Waals surface area contributed by atoms with Gasteiger partial charge < -0.3 is 5.32 Å². The van der Waals surface area contributed by atoms with Crippen LogP contribution in [0.4, 0.5) is 11.4 Å². The fraction of sp³-hybridized carbons (Fsp3) is 0.350. The van der Waals surface area contributed by atoms with Gasteiger partial charge in [0.15, 0.2) is 0 Å². The van der Waals surface area contributed by atoms with Crippen LogP contribution in [0, 0.1) is 17.0 Å². The number of amides is 1. The Labute approximate surface area is 170 Å². The lowest BCUT2D eigenvalue weighted by atomic mass is 10.2. The Hall–Kier alpha value is -3.07. The first-order valence-corrected chi connectivity index (χ1v) is 10.3. The third-order valence-electron chi connectivity index (χ3n) is 5.23. The number of carbonyl (C=O) groups excluding carboxylic acids is 1. The highest BCUT2D eigenvalue weighted by molar-refractivity contribution is 7.18. The normalized spacial score (nSPS) is 12.9. The van der Waals surface area contributed by atoms with E-state index in [1.807, 2.05) is 6.92 Å². The van der Waals surface area contributed by atoms with Gasteiger partial charge in [0.25, 0.3) is 11.2 Å². The van der Waals surface area contributed by atoms with Gasteiger partial charge in [0, 0.05) is 23.4 Å². The highest BCUT2D eigenvalue weighted by Crippen LogP contribution is 2.34. The van der Waals surface area contributed by atoms with E-state index in [9.17, 15) is 19.7 Å². The molecule has 1 aliphatic carbocycles. The van der Waals surface area contributed by atoms with Gasteiger partial charge in [-0.1, -0.05) is 13.0 Å². The van der Waals surface area contributed by atoms with Crippen LogP contribution in [0.2, 0.25) is 0 Å². The number of aromatic nitrogens is 2. The molecule has 8 nitrogen and oxygen atoms in total. The molecule has 1 aliphatic rings. The van der Waals surface area contributed by atoms with E-state index < -0.39 is 10.8 Å². The zero-order valence-corrected chi connectivity index (χ0v) is 17.0. The summed E-state index contributed by atoms with van der Waals surface area (Å²) in [6, 6.07) is 4.29. The molecule has 3 aromatic rings. The predicted octanol–water partition coefficient (Wildman–Crippen LogP) is 3.36. The van der Waals surface area contributed by atoms with Crippen LogP contribution in [-0.4, -0.2) is 20.4 Å². The molecule has 1 aromatic carbocycles. The van der Waals surface area contributed by atoms with E-state index >= 15 is 0 Å². The number of thiophene rings is 1. The van der Waals surface area contributed by atoms with Crippen LogP contribution in [0.5, 0.6) is 0 Å². The second-order valence-corrected chi connectivity index (χ2v) is 8.20. The largest absolute Gasteiger partial charge is 0.324 e. The number of fused-ring (bicyclic) bond motifs is 3. The van der Waals surface area contributed by atoms with Crippen molar-refractivity contribution in [3.63, 3.8) is 0 Å². The number of anilines is 1. The Bertz CT molecular complexity index is 1210.